The maximum absolute atomic E-state index is 14.0. The average molecular weight is 438 g/mol. The number of halogens is 4. The van der Waals surface area contributed by atoms with Gasteiger partial charge in [0.15, 0.2) is 11.6 Å². The molecule has 1 N–H and O–H groups in total. The number of anilines is 1. The van der Waals surface area contributed by atoms with Crippen LogP contribution in [0.15, 0.2) is 67.0 Å². The van der Waals surface area contributed by atoms with Crippen molar-refractivity contribution in [1.29, 1.82) is 5.26 Å². The Balaban J connectivity index is 1.59. The number of nitrogens with zero attached hydrogens (tertiary/aromatic N) is 3. The van der Waals surface area contributed by atoms with Gasteiger partial charge in [0.2, 0.25) is 0 Å². The van der Waals surface area contributed by atoms with E-state index in [9.17, 15) is 17.6 Å². The van der Waals surface area contributed by atoms with Gasteiger partial charge in [-0.3, -0.25) is 4.98 Å². The Bertz CT molecular complexity index is 1310. The number of fused-ring (bicyclic) bond motifs is 1. The van der Waals surface area contributed by atoms with Gasteiger partial charge >= 0.3 is 6.36 Å². The van der Waals surface area contributed by atoms with E-state index in [0.717, 1.165) is 28.6 Å². The quantitative estimate of drug-likeness (QED) is 0.398. The third-order valence-electron chi connectivity index (χ3n) is 4.67. The summed E-state index contributed by atoms with van der Waals surface area (Å²) >= 11 is 0. The molecule has 160 valence electrons. The molecule has 5 nitrogen and oxygen atoms in total. The second kappa shape index (κ2) is 8.51. The molecule has 4 aromatic rings. The molecule has 0 bridgehead atoms. The smallest absolute Gasteiger partial charge is 0.403 e. The van der Waals surface area contributed by atoms with Crippen LogP contribution in [-0.2, 0) is 6.54 Å². The van der Waals surface area contributed by atoms with E-state index in [-0.39, 0.29) is 6.54 Å². The maximum atomic E-state index is 14.0. The molecule has 0 atom stereocenters. The molecule has 0 aliphatic carbocycles. The molecule has 0 unspecified atom stereocenters. The molecule has 4 rings (SSSR count). The van der Waals surface area contributed by atoms with Crippen LogP contribution >= 0.6 is 0 Å². The molecular weight excluding hydrogens is 424 g/mol. The topological polar surface area (TPSA) is 70.8 Å². The van der Waals surface area contributed by atoms with Gasteiger partial charge in [0.25, 0.3) is 0 Å². The second-order valence-corrected chi connectivity index (χ2v) is 6.77. The summed E-state index contributed by atoms with van der Waals surface area (Å²) in [6.07, 6.45) is -1.71. The summed E-state index contributed by atoms with van der Waals surface area (Å²) in [7, 11) is 0. The third kappa shape index (κ3) is 4.59. The first-order valence-corrected chi connectivity index (χ1v) is 9.36. The summed E-state index contributed by atoms with van der Waals surface area (Å²) in [5, 5.41) is 12.9. The molecule has 32 heavy (non-hydrogen) atoms. The molecule has 0 fully saturated rings. The van der Waals surface area contributed by atoms with Crippen molar-refractivity contribution in [2.75, 3.05) is 5.32 Å². The van der Waals surface area contributed by atoms with E-state index in [1.54, 1.807) is 30.6 Å². The van der Waals surface area contributed by atoms with Crippen molar-refractivity contribution in [1.82, 2.24) is 9.97 Å². The number of para-hydroxylation sites is 1. The van der Waals surface area contributed by atoms with Gasteiger partial charge < -0.3 is 10.1 Å². The Morgan fingerprint density at radius 2 is 1.88 bits per heavy atom. The summed E-state index contributed by atoms with van der Waals surface area (Å²) in [5.41, 5.74) is 3.76. The van der Waals surface area contributed by atoms with E-state index in [1.807, 2.05) is 24.3 Å². The monoisotopic (exact) mass is 438 g/mol. The molecule has 2 aromatic heterocycles. The Morgan fingerprint density at radius 3 is 2.56 bits per heavy atom. The lowest BCUT2D eigenvalue weighted by molar-refractivity contribution is -0.275. The Hall–Kier alpha value is -4.19. The highest BCUT2D eigenvalue weighted by Gasteiger charge is 2.32. The van der Waals surface area contributed by atoms with Gasteiger partial charge in [-0.2, -0.15) is 5.26 Å². The van der Waals surface area contributed by atoms with Crippen molar-refractivity contribution in [3.8, 4) is 22.9 Å². The summed E-state index contributed by atoms with van der Waals surface area (Å²) in [6.45, 7) is 0.159. The minimum atomic E-state index is -4.96. The molecule has 0 spiro atoms. The molecule has 0 radical (unpaired) electrons. The van der Waals surface area contributed by atoms with Crippen LogP contribution in [-0.4, -0.2) is 16.3 Å². The van der Waals surface area contributed by atoms with Gasteiger partial charge in [-0.05, 0) is 47.5 Å². The van der Waals surface area contributed by atoms with Crippen LogP contribution in [0.25, 0.3) is 22.0 Å². The van der Waals surface area contributed by atoms with Crippen LogP contribution < -0.4 is 10.1 Å². The predicted molar refractivity (Wildman–Crippen MR) is 110 cm³/mol. The number of benzene rings is 2. The van der Waals surface area contributed by atoms with Gasteiger partial charge in [-0.25, -0.2) is 9.37 Å². The van der Waals surface area contributed by atoms with Gasteiger partial charge in [0.1, 0.15) is 11.8 Å². The first kappa shape index (κ1) is 21.1. The number of nitrogens with one attached hydrogen (secondary N) is 1. The minimum Gasteiger partial charge on any atom is -0.403 e. The van der Waals surface area contributed by atoms with Crippen LogP contribution in [0.3, 0.4) is 0 Å². The minimum absolute atomic E-state index is 0.159. The lowest BCUT2D eigenvalue weighted by Gasteiger charge is -2.13. The highest BCUT2D eigenvalue weighted by atomic mass is 19.4. The molecule has 0 saturated heterocycles. The number of hydrogen-bond acceptors (Lipinski definition) is 5. The zero-order valence-electron chi connectivity index (χ0n) is 16.3. The van der Waals surface area contributed by atoms with Crippen LogP contribution in [0.5, 0.6) is 5.75 Å². The van der Waals surface area contributed by atoms with Crippen LogP contribution in [0, 0.1) is 17.1 Å². The van der Waals surface area contributed by atoms with Crippen LogP contribution in [0.1, 0.15) is 11.3 Å². The molecule has 0 saturated carbocycles. The summed E-state index contributed by atoms with van der Waals surface area (Å²) in [4.78, 5) is 8.53. The van der Waals surface area contributed by atoms with Crippen molar-refractivity contribution in [3.63, 3.8) is 0 Å². The summed E-state index contributed by atoms with van der Waals surface area (Å²) in [6, 6.07) is 16.0. The Labute approximate surface area is 179 Å². The normalized spacial score (nSPS) is 11.2. The number of aromatic nitrogens is 2. The Kier molecular flexibility index (Phi) is 5.60. The molecular formula is C23H14F4N4O. The zero-order valence-corrected chi connectivity index (χ0v) is 16.3. The second-order valence-electron chi connectivity index (χ2n) is 6.77. The molecule has 0 aliphatic heterocycles. The lowest BCUT2D eigenvalue weighted by atomic mass is 10.0. The van der Waals surface area contributed by atoms with Crippen molar-refractivity contribution >= 4 is 16.6 Å². The lowest BCUT2D eigenvalue weighted by Crippen LogP contribution is -2.18. The van der Waals surface area contributed by atoms with Gasteiger partial charge in [-0.1, -0.05) is 18.2 Å². The number of pyridine rings is 2. The third-order valence-corrected chi connectivity index (χ3v) is 4.67. The van der Waals surface area contributed by atoms with Crippen molar-refractivity contribution in [2.45, 2.75) is 12.9 Å². The summed E-state index contributed by atoms with van der Waals surface area (Å²) in [5.74, 6) is -1.98. The first-order valence-electron chi connectivity index (χ1n) is 9.36. The van der Waals surface area contributed by atoms with E-state index in [2.05, 4.69) is 20.0 Å². The fourth-order valence-electron chi connectivity index (χ4n) is 3.25. The van der Waals surface area contributed by atoms with E-state index in [4.69, 9.17) is 5.26 Å². The van der Waals surface area contributed by atoms with E-state index >= 15 is 0 Å². The number of nitriles is 1. The highest BCUT2D eigenvalue weighted by Crippen LogP contribution is 2.31. The number of alkyl halides is 3. The predicted octanol–water partition coefficient (Wildman–Crippen LogP) is 5.82. The van der Waals surface area contributed by atoms with Crippen LogP contribution in [0.2, 0.25) is 0 Å². The van der Waals surface area contributed by atoms with E-state index in [1.165, 1.54) is 6.07 Å². The molecule has 2 heterocycles. The largest absolute Gasteiger partial charge is 0.573 e. The standard InChI is InChI=1S/C23H14F4N4O/c24-19-10-14(4-7-21(19)32-23(25,26)27)12-31-20-3-1-2-18-17(8-9-29-22(18)20)15-5-6-16(11-28)30-13-15/h1-10,13,31H,12H2. The fourth-order valence-corrected chi connectivity index (χ4v) is 3.25. The molecule has 0 aliphatic rings. The van der Waals surface area contributed by atoms with E-state index < -0.39 is 17.9 Å². The maximum Gasteiger partial charge on any atom is 0.573 e. The number of rotatable bonds is 5. The van der Waals surface area contributed by atoms with Crippen molar-refractivity contribution in [2.24, 2.45) is 0 Å². The van der Waals surface area contributed by atoms with Crippen LogP contribution in [0.4, 0.5) is 23.2 Å². The average Bonchev–Trinajstić information content (AvgIpc) is 2.78. The molecule has 0 amide bonds. The SMILES string of the molecule is N#Cc1ccc(-c2ccnc3c(NCc4ccc(OC(F)(F)F)c(F)c4)cccc23)cn1. The van der Waals surface area contributed by atoms with Crippen molar-refractivity contribution < 1.29 is 22.3 Å². The highest BCUT2D eigenvalue weighted by molar-refractivity contribution is 6.00. The zero-order chi connectivity index (χ0) is 22.7. The van der Waals surface area contributed by atoms with Gasteiger partial charge in [-0.15, -0.1) is 13.2 Å². The Morgan fingerprint density at radius 1 is 1.03 bits per heavy atom. The van der Waals surface area contributed by atoms with E-state index in [0.29, 0.717) is 22.5 Å². The summed E-state index contributed by atoms with van der Waals surface area (Å²) < 4.78 is 54.5. The van der Waals surface area contributed by atoms with Gasteiger partial charge in [0.05, 0.1) is 11.2 Å². The van der Waals surface area contributed by atoms with Gasteiger partial charge in [0, 0.05) is 29.9 Å². The number of hydrogen-bond donors (Lipinski definition) is 1. The number of ether oxygens (including phenoxy) is 1. The fraction of sp³-hybridized carbons (Fsp3) is 0.0870. The molecule has 9 heteroatoms. The first-order chi connectivity index (χ1) is 15.3. The molecule has 2 aromatic carbocycles. The van der Waals surface area contributed by atoms with Crippen molar-refractivity contribution in [3.05, 3.63) is 84.1 Å².